The van der Waals surface area contributed by atoms with Gasteiger partial charge in [-0.3, -0.25) is 0 Å². The van der Waals surface area contributed by atoms with Crippen LogP contribution < -0.4 is 10.1 Å². The monoisotopic (exact) mass is 256 g/mol. The van der Waals surface area contributed by atoms with Crippen LogP contribution in [0.15, 0.2) is 42.5 Å². The van der Waals surface area contributed by atoms with Gasteiger partial charge in [-0.15, -0.1) is 0 Å². The lowest BCUT2D eigenvalue weighted by Crippen LogP contribution is -2.01. The predicted molar refractivity (Wildman–Crippen MR) is 79.6 cm³/mol. The van der Waals surface area contributed by atoms with Crippen molar-refractivity contribution in [2.45, 2.75) is 20.3 Å². The molecule has 1 aromatic carbocycles. The van der Waals surface area contributed by atoms with Crippen molar-refractivity contribution in [3.05, 3.63) is 42.5 Å². The average Bonchev–Trinajstić information content (AvgIpc) is 2.46. The third kappa shape index (κ3) is 3.71. The smallest absolute Gasteiger partial charge is 0.126 e. The molecule has 0 saturated heterocycles. The standard InChI is InChI=1S/C16H20N2O/c1-3-12-17-16-7-5-6-15(18-16)13-8-10-14(11-9-13)19-4-2/h5-11H,3-4,12H2,1-2H3,(H,17,18). The number of ether oxygens (including phenoxy) is 1. The Balaban J connectivity index is 2.16. The summed E-state index contributed by atoms with van der Waals surface area (Å²) in [5.74, 6) is 1.82. The van der Waals surface area contributed by atoms with Crippen LogP contribution in [0.25, 0.3) is 11.3 Å². The summed E-state index contributed by atoms with van der Waals surface area (Å²) < 4.78 is 5.44. The van der Waals surface area contributed by atoms with Crippen LogP contribution in [0.1, 0.15) is 20.3 Å². The van der Waals surface area contributed by atoms with Crippen molar-refractivity contribution in [3.8, 4) is 17.0 Å². The highest BCUT2D eigenvalue weighted by atomic mass is 16.5. The molecule has 2 aromatic rings. The number of nitrogens with zero attached hydrogens (tertiary/aromatic N) is 1. The van der Waals surface area contributed by atoms with E-state index in [1.165, 1.54) is 0 Å². The second kappa shape index (κ2) is 6.78. The van der Waals surface area contributed by atoms with Crippen LogP contribution in [0.4, 0.5) is 5.82 Å². The summed E-state index contributed by atoms with van der Waals surface area (Å²) in [4.78, 5) is 4.60. The molecule has 0 radical (unpaired) electrons. The first-order chi connectivity index (χ1) is 9.33. The SMILES string of the molecule is CCCNc1cccc(-c2ccc(OCC)cc2)n1. The van der Waals surface area contributed by atoms with E-state index in [1.807, 2.05) is 49.4 Å². The molecule has 2 rings (SSSR count). The highest BCUT2D eigenvalue weighted by Crippen LogP contribution is 2.22. The number of hydrogen-bond acceptors (Lipinski definition) is 3. The lowest BCUT2D eigenvalue weighted by atomic mass is 10.1. The molecule has 0 aliphatic carbocycles. The van der Waals surface area contributed by atoms with Crippen molar-refractivity contribution in [2.75, 3.05) is 18.5 Å². The normalized spacial score (nSPS) is 10.2. The first-order valence-corrected chi connectivity index (χ1v) is 6.77. The first kappa shape index (κ1) is 13.4. The maximum atomic E-state index is 5.44. The molecule has 1 N–H and O–H groups in total. The zero-order chi connectivity index (χ0) is 13.5. The van der Waals surface area contributed by atoms with Crippen molar-refractivity contribution in [1.82, 2.24) is 4.98 Å². The topological polar surface area (TPSA) is 34.1 Å². The van der Waals surface area contributed by atoms with Gasteiger partial charge in [0.05, 0.1) is 12.3 Å². The molecule has 100 valence electrons. The Morgan fingerprint density at radius 1 is 1.05 bits per heavy atom. The van der Waals surface area contributed by atoms with E-state index in [4.69, 9.17) is 4.74 Å². The second-order valence-electron chi connectivity index (χ2n) is 4.29. The Hall–Kier alpha value is -2.03. The molecular formula is C16H20N2O. The van der Waals surface area contributed by atoms with Crippen LogP contribution in [0.5, 0.6) is 5.75 Å². The quantitative estimate of drug-likeness (QED) is 0.849. The van der Waals surface area contributed by atoms with Gasteiger partial charge in [-0.2, -0.15) is 0 Å². The molecule has 0 atom stereocenters. The summed E-state index contributed by atoms with van der Waals surface area (Å²) in [6, 6.07) is 14.1. The fraction of sp³-hybridized carbons (Fsp3) is 0.312. The molecular weight excluding hydrogens is 236 g/mol. The maximum Gasteiger partial charge on any atom is 0.126 e. The molecule has 1 heterocycles. The van der Waals surface area contributed by atoms with Gasteiger partial charge in [0.2, 0.25) is 0 Å². The van der Waals surface area contributed by atoms with Gasteiger partial charge < -0.3 is 10.1 Å². The van der Waals surface area contributed by atoms with E-state index >= 15 is 0 Å². The van der Waals surface area contributed by atoms with Crippen LogP contribution in [-0.4, -0.2) is 18.1 Å². The van der Waals surface area contributed by atoms with Gasteiger partial charge >= 0.3 is 0 Å². The summed E-state index contributed by atoms with van der Waals surface area (Å²) in [6.07, 6.45) is 1.09. The predicted octanol–water partition coefficient (Wildman–Crippen LogP) is 3.97. The lowest BCUT2D eigenvalue weighted by Gasteiger charge is -2.07. The summed E-state index contributed by atoms with van der Waals surface area (Å²) in [5, 5.41) is 3.30. The van der Waals surface area contributed by atoms with Crippen LogP contribution in [0.2, 0.25) is 0 Å². The van der Waals surface area contributed by atoms with E-state index in [2.05, 4.69) is 17.2 Å². The van der Waals surface area contributed by atoms with Gasteiger partial charge in [0.1, 0.15) is 11.6 Å². The van der Waals surface area contributed by atoms with Gasteiger partial charge in [-0.05, 0) is 49.7 Å². The molecule has 0 unspecified atom stereocenters. The van der Waals surface area contributed by atoms with E-state index in [9.17, 15) is 0 Å². The zero-order valence-corrected chi connectivity index (χ0v) is 11.5. The van der Waals surface area contributed by atoms with Gasteiger partial charge in [-0.25, -0.2) is 4.98 Å². The fourth-order valence-electron chi connectivity index (χ4n) is 1.84. The van der Waals surface area contributed by atoms with Crippen molar-refractivity contribution >= 4 is 5.82 Å². The summed E-state index contributed by atoms with van der Waals surface area (Å²) in [6.45, 7) is 5.76. The Labute approximate surface area is 114 Å². The molecule has 0 aliphatic rings. The van der Waals surface area contributed by atoms with E-state index in [1.54, 1.807) is 0 Å². The molecule has 0 spiro atoms. The van der Waals surface area contributed by atoms with E-state index < -0.39 is 0 Å². The number of hydrogen-bond donors (Lipinski definition) is 1. The minimum absolute atomic E-state index is 0.689. The molecule has 0 amide bonds. The third-order valence-corrected chi connectivity index (χ3v) is 2.77. The summed E-state index contributed by atoms with van der Waals surface area (Å²) in [5.41, 5.74) is 2.08. The summed E-state index contributed by atoms with van der Waals surface area (Å²) in [7, 11) is 0. The third-order valence-electron chi connectivity index (χ3n) is 2.77. The van der Waals surface area contributed by atoms with Gasteiger partial charge in [0, 0.05) is 12.1 Å². The van der Waals surface area contributed by atoms with Gasteiger partial charge in [0.25, 0.3) is 0 Å². The minimum Gasteiger partial charge on any atom is -0.494 e. The summed E-state index contributed by atoms with van der Waals surface area (Å²) >= 11 is 0. The molecule has 0 bridgehead atoms. The average molecular weight is 256 g/mol. The minimum atomic E-state index is 0.689. The van der Waals surface area contributed by atoms with Crippen molar-refractivity contribution < 1.29 is 4.74 Å². The fourth-order valence-corrected chi connectivity index (χ4v) is 1.84. The second-order valence-corrected chi connectivity index (χ2v) is 4.29. The number of benzene rings is 1. The van der Waals surface area contributed by atoms with E-state index in [0.29, 0.717) is 6.61 Å². The Kier molecular flexibility index (Phi) is 4.78. The van der Waals surface area contributed by atoms with Crippen LogP contribution in [0, 0.1) is 0 Å². The van der Waals surface area contributed by atoms with Crippen molar-refractivity contribution in [2.24, 2.45) is 0 Å². The Bertz CT molecular complexity index is 508. The molecule has 0 fully saturated rings. The van der Waals surface area contributed by atoms with Gasteiger partial charge in [0.15, 0.2) is 0 Å². The highest BCUT2D eigenvalue weighted by Gasteiger charge is 2.01. The molecule has 0 aliphatic heterocycles. The van der Waals surface area contributed by atoms with Crippen molar-refractivity contribution in [1.29, 1.82) is 0 Å². The number of anilines is 1. The number of pyridine rings is 1. The van der Waals surface area contributed by atoms with Crippen molar-refractivity contribution in [3.63, 3.8) is 0 Å². The molecule has 1 aromatic heterocycles. The number of aromatic nitrogens is 1. The number of nitrogens with one attached hydrogen (secondary N) is 1. The van der Waals surface area contributed by atoms with Gasteiger partial charge in [-0.1, -0.05) is 13.0 Å². The molecule has 3 nitrogen and oxygen atoms in total. The number of rotatable bonds is 6. The lowest BCUT2D eigenvalue weighted by molar-refractivity contribution is 0.340. The zero-order valence-electron chi connectivity index (χ0n) is 11.5. The Morgan fingerprint density at radius 2 is 1.84 bits per heavy atom. The van der Waals surface area contributed by atoms with E-state index in [-0.39, 0.29) is 0 Å². The molecule has 3 heteroatoms. The van der Waals surface area contributed by atoms with E-state index in [0.717, 1.165) is 35.8 Å². The first-order valence-electron chi connectivity index (χ1n) is 6.77. The van der Waals surface area contributed by atoms with Crippen LogP contribution >= 0.6 is 0 Å². The largest absolute Gasteiger partial charge is 0.494 e. The van der Waals surface area contributed by atoms with Crippen LogP contribution in [-0.2, 0) is 0 Å². The molecule has 19 heavy (non-hydrogen) atoms. The van der Waals surface area contributed by atoms with Crippen LogP contribution in [0.3, 0.4) is 0 Å². The highest BCUT2D eigenvalue weighted by molar-refractivity contribution is 5.62. The molecule has 0 saturated carbocycles. The Morgan fingerprint density at radius 3 is 2.53 bits per heavy atom. The maximum absolute atomic E-state index is 5.44.